The quantitative estimate of drug-likeness (QED) is 0.112. The summed E-state index contributed by atoms with van der Waals surface area (Å²) in [5, 5.41) is 2.44. The number of benzene rings is 6. The molecule has 6 aromatic carbocycles. The third-order valence-electron chi connectivity index (χ3n) is 11.8. The van der Waals surface area contributed by atoms with Gasteiger partial charge in [0.25, 0.3) is 0 Å². The summed E-state index contributed by atoms with van der Waals surface area (Å²) in [4.78, 5) is 9.49. The molecule has 3 heterocycles. The second kappa shape index (κ2) is 19.6. The standard InChI is InChI=1S/C30H26NS.C27H26GeN.Ir/c1-3-8-21(9-4-1)18-22-16-17-31-28(19-22)26-13-7-12-25-27-20-24(23-10-5-2-6-11-23)14-15-29(27)32-30(25)26;1-20-17-27(29-19-26(20)28(2,3)4)23-15-16-24(21-11-7-5-8-12-21)25(18-23)22-13-9-6-10-14-22;/h2,5-7,10-12,14-17,19-21H,1,3-4,8-9,18H2;5-14,16-19H,1-4H3;/q2*-1;/i18D2;;. The summed E-state index contributed by atoms with van der Waals surface area (Å²) in [6.07, 6.45) is 7.94. The smallest absolute Gasteiger partial charge is 0.0319 e. The van der Waals surface area contributed by atoms with Crippen LogP contribution in [-0.4, -0.2) is 23.2 Å². The van der Waals surface area contributed by atoms with Gasteiger partial charge in [-0.1, -0.05) is 85.5 Å². The Morgan fingerprint density at radius 2 is 1.34 bits per heavy atom. The van der Waals surface area contributed by atoms with Crippen LogP contribution in [0.5, 0.6) is 0 Å². The van der Waals surface area contributed by atoms with Gasteiger partial charge in [0.15, 0.2) is 0 Å². The van der Waals surface area contributed by atoms with Gasteiger partial charge in [-0.3, -0.25) is 0 Å². The van der Waals surface area contributed by atoms with E-state index in [1.807, 2.05) is 24.3 Å². The summed E-state index contributed by atoms with van der Waals surface area (Å²) in [5.41, 5.74) is 13.1. The van der Waals surface area contributed by atoms with Gasteiger partial charge in [0.05, 0.1) is 0 Å². The van der Waals surface area contributed by atoms with Gasteiger partial charge in [-0.05, 0) is 57.4 Å². The van der Waals surface area contributed by atoms with Crippen LogP contribution in [-0.2, 0) is 26.5 Å². The summed E-state index contributed by atoms with van der Waals surface area (Å²) in [5.74, 6) is 7.32. The zero-order valence-corrected chi connectivity index (χ0v) is 41.1. The Balaban J connectivity index is 0.000000175. The molecule has 1 radical (unpaired) electrons. The second-order valence-corrected chi connectivity index (χ2v) is 28.8. The Morgan fingerprint density at radius 3 is 2.02 bits per heavy atom. The van der Waals surface area contributed by atoms with Crippen LogP contribution in [0.25, 0.3) is 76.1 Å². The fraction of sp³-hybridized carbons (Fsp3) is 0.193. The fourth-order valence-corrected chi connectivity index (χ4v) is 13.5. The zero-order chi connectivity index (χ0) is 43.6. The fourth-order valence-electron chi connectivity index (χ4n) is 8.72. The molecule has 1 aliphatic rings. The molecule has 0 aliphatic heterocycles. The minimum Gasteiger partial charge on any atom is -0.305 e. The molecule has 0 amide bonds. The van der Waals surface area contributed by atoms with E-state index in [9.17, 15) is 0 Å². The van der Waals surface area contributed by atoms with Gasteiger partial charge in [-0.2, -0.15) is 11.3 Å². The predicted octanol–water partition coefficient (Wildman–Crippen LogP) is 15.4. The Labute approximate surface area is 391 Å². The van der Waals surface area contributed by atoms with E-state index in [0.717, 1.165) is 58.5 Å². The van der Waals surface area contributed by atoms with Gasteiger partial charge >= 0.3 is 177 Å². The number of thiophene rings is 1. The van der Waals surface area contributed by atoms with Crippen LogP contribution in [0.1, 0.15) is 46.0 Å². The molecule has 5 heteroatoms. The van der Waals surface area contributed by atoms with Crippen molar-refractivity contribution in [3.8, 4) is 55.9 Å². The molecule has 0 N–H and O–H groups in total. The molecule has 1 saturated carbocycles. The third-order valence-corrected chi connectivity index (χ3v) is 17.5. The first-order chi connectivity index (χ1) is 30.5. The van der Waals surface area contributed by atoms with Gasteiger partial charge in [0.1, 0.15) is 0 Å². The Kier molecular flexibility index (Phi) is 13.0. The maximum atomic E-state index is 8.91. The minimum absolute atomic E-state index is 0. The molecule has 311 valence electrons. The summed E-state index contributed by atoms with van der Waals surface area (Å²) in [6.45, 7) is 2.22. The van der Waals surface area contributed by atoms with E-state index in [4.69, 9.17) is 7.73 Å². The molecule has 9 aromatic rings. The van der Waals surface area contributed by atoms with E-state index in [-0.39, 0.29) is 26.0 Å². The molecule has 1 fully saturated rings. The van der Waals surface area contributed by atoms with Gasteiger partial charge < -0.3 is 4.98 Å². The van der Waals surface area contributed by atoms with Crippen molar-refractivity contribution >= 4 is 49.2 Å². The number of hydrogen-bond donors (Lipinski definition) is 0. The number of aryl methyl sites for hydroxylation is 1. The molecule has 0 saturated heterocycles. The van der Waals surface area contributed by atoms with Crippen molar-refractivity contribution in [2.75, 3.05) is 0 Å². The third kappa shape index (κ3) is 9.80. The van der Waals surface area contributed by atoms with E-state index in [2.05, 4.69) is 175 Å². The van der Waals surface area contributed by atoms with Gasteiger partial charge in [-0.15, -0.1) is 23.8 Å². The van der Waals surface area contributed by atoms with E-state index >= 15 is 0 Å². The molecule has 2 nitrogen and oxygen atoms in total. The molecule has 62 heavy (non-hydrogen) atoms. The Bertz CT molecular complexity index is 3010. The van der Waals surface area contributed by atoms with Crippen molar-refractivity contribution in [3.63, 3.8) is 0 Å². The molecular formula is C57H52GeIrN2S-2. The first-order valence-corrected chi connectivity index (χ1v) is 29.7. The number of fused-ring (bicyclic) bond motifs is 3. The summed E-state index contributed by atoms with van der Waals surface area (Å²) in [6, 6.07) is 59.7. The van der Waals surface area contributed by atoms with E-state index in [1.165, 1.54) is 65.2 Å². The monoisotopic (exact) mass is 1070 g/mol. The Morgan fingerprint density at radius 1 is 0.661 bits per heavy atom. The summed E-state index contributed by atoms with van der Waals surface area (Å²) >= 11 is -0.146. The molecule has 0 unspecified atom stereocenters. The van der Waals surface area contributed by atoms with Crippen molar-refractivity contribution in [1.29, 1.82) is 0 Å². The molecule has 0 atom stereocenters. The normalized spacial score (nSPS) is 13.7. The van der Waals surface area contributed by atoms with Crippen LogP contribution in [0.2, 0.25) is 17.3 Å². The van der Waals surface area contributed by atoms with Crippen LogP contribution >= 0.6 is 11.3 Å². The Hall–Kier alpha value is -4.97. The van der Waals surface area contributed by atoms with Crippen LogP contribution in [0.4, 0.5) is 0 Å². The van der Waals surface area contributed by atoms with Crippen molar-refractivity contribution in [2.24, 2.45) is 5.92 Å². The first kappa shape index (κ1) is 41.1. The maximum absolute atomic E-state index is 8.91. The summed E-state index contributed by atoms with van der Waals surface area (Å²) < 4.78 is 21.7. The van der Waals surface area contributed by atoms with Crippen molar-refractivity contribution in [3.05, 3.63) is 187 Å². The molecule has 1 aliphatic carbocycles. The number of nitrogens with zero attached hydrogens (tertiary/aromatic N) is 2. The number of hydrogen-bond acceptors (Lipinski definition) is 3. The number of aromatic nitrogens is 2. The van der Waals surface area contributed by atoms with Crippen LogP contribution in [0, 0.1) is 25.0 Å². The topological polar surface area (TPSA) is 25.8 Å². The van der Waals surface area contributed by atoms with Crippen LogP contribution in [0.3, 0.4) is 0 Å². The molecular weight excluding hydrogens is 1010 g/mol. The second-order valence-electron chi connectivity index (χ2n) is 17.2. The average molecular weight is 1060 g/mol. The van der Waals surface area contributed by atoms with Crippen molar-refractivity contribution in [2.45, 2.75) is 62.7 Å². The SMILES string of the molecule is Cc1cc(-c2[c-]cc(-c3ccccc3)c(-c3ccccc3)c2)nc[c]1[Ge]([CH3])([CH3])[CH3].[2H]C([2H])(c1ccnc(-c2[c-]ccc3c2sc2ccc(-c4ccccc4)cc23)c1)C1CCCCC1.[Ir]. The summed E-state index contributed by atoms with van der Waals surface area (Å²) in [7, 11) is 0. The molecule has 0 spiro atoms. The molecule has 10 rings (SSSR count). The van der Waals surface area contributed by atoms with Gasteiger partial charge in [-0.25, -0.2) is 0 Å². The average Bonchev–Trinajstić information content (AvgIpc) is 3.71. The molecule has 3 aromatic heterocycles. The zero-order valence-electron chi connectivity index (χ0n) is 37.8. The molecule has 0 bridgehead atoms. The van der Waals surface area contributed by atoms with Gasteiger partial charge in [0.2, 0.25) is 0 Å². The largest absolute Gasteiger partial charge is 0.305 e. The first-order valence-electron chi connectivity index (χ1n) is 22.6. The predicted molar refractivity (Wildman–Crippen MR) is 264 cm³/mol. The minimum atomic E-state index is -1.91. The van der Waals surface area contributed by atoms with Crippen molar-refractivity contribution < 1.29 is 22.8 Å². The van der Waals surface area contributed by atoms with E-state index in [0.29, 0.717) is 0 Å². The van der Waals surface area contributed by atoms with Crippen LogP contribution < -0.4 is 4.40 Å². The van der Waals surface area contributed by atoms with Crippen molar-refractivity contribution in [1.82, 2.24) is 9.97 Å². The number of rotatable bonds is 8. The van der Waals surface area contributed by atoms with E-state index in [1.54, 1.807) is 17.5 Å². The van der Waals surface area contributed by atoms with Gasteiger partial charge in [0, 0.05) is 33.7 Å². The maximum Gasteiger partial charge on any atom is 0.0319 e. The number of pyridine rings is 2. The van der Waals surface area contributed by atoms with Crippen LogP contribution in [0.15, 0.2) is 164 Å². The van der Waals surface area contributed by atoms with E-state index < -0.39 is 19.6 Å².